The summed E-state index contributed by atoms with van der Waals surface area (Å²) in [5.74, 6) is 0. The molecule has 0 aliphatic carbocycles. The quantitative estimate of drug-likeness (QED) is 0.412. The highest BCUT2D eigenvalue weighted by Gasteiger charge is 2.39. The molecule has 27 heavy (non-hydrogen) atoms. The number of hydrogen-bond acceptors (Lipinski definition) is 5. The Balaban J connectivity index is 2.36. The van der Waals surface area contributed by atoms with E-state index in [-0.39, 0.29) is 11.0 Å². The number of H-pyrrole nitrogens is 1. The molecule has 2 aromatic carbocycles. The number of para-hydroxylation sites is 1. The minimum Gasteiger partial charge on any atom is -0.316 e. The molecule has 0 unspecified atom stereocenters. The van der Waals surface area contributed by atoms with Crippen LogP contribution in [0, 0.1) is 17.0 Å². The number of nitro groups is 1. The molecule has 0 saturated carbocycles. The van der Waals surface area contributed by atoms with Gasteiger partial charge in [-0.2, -0.15) is 13.2 Å². The number of halogens is 3. The number of hydrogen-bond donors (Lipinski definition) is 2. The summed E-state index contributed by atoms with van der Waals surface area (Å²) in [7, 11) is 0. The molecule has 8 nitrogen and oxygen atoms in total. The van der Waals surface area contributed by atoms with E-state index in [1.807, 2.05) is 4.98 Å². The Hall–Kier alpha value is -3.63. The van der Waals surface area contributed by atoms with Crippen molar-refractivity contribution in [3.8, 4) is 0 Å². The molecular weight excluding hydrogens is 369 g/mol. The minimum atomic E-state index is -5.02. The molecule has 0 saturated heterocycles. The summed E-state index contributed by atoms with van der Waals surface area (Å²) < 4.78 is 40.1. The van der Waals surface area contributed by atoms with Crippen LogP contribution < -0.4 is 16.5 Å². The van der Waals surface area contributed by atoms with Crippen molar-refractivity contribution in [1.29, 1.82) is 0 Å². The van der Waals surface area contributed by atoms with Crippen molar-refractivity contribution in [3.63, 3.8) is 0 Å². The zero-order valence-corrected chi connectivity index (χ0v) is 13.6. The maximum absolute atomic E-state index is 13.1. The smallest absolute Gasteiger partial charge is 0.316 e. The number of aromatic amines is 1. The second-order valence-electron chi connectivity index (χ2n) is 5.66. The molecule has 11 heteroatoms. The van der Waals surface area contributed by atoms with Crippen molar-refractivity contribution in [3.05, 3.63) is 78.3 Å². The Morgan fingerprint density at radius 1 is 1.19 bits per heavy atom. The fraction of sp³-hybridized carbons (Fsp3) is 0.125. The third-order valence-corrected chi connectivity index (χ3v) is 3.88. The van der Waals surface area contributed by atoms with Crippen LogP contribution in [0.5, 0.6) is 0 Å². The second kappa shape index (κ2) is 6.27. The molecule has 0 radical (unpaired) electrons. The van der Waals surface area contributed by atoms with Crippen molar-refractivity contribution < 1.29 is 18.1 Å². The van der Waals surface area contributed by atoms with Gasteiger partial charge in [0, 0.05) is 6.07 Å². The molecule has 0 fully saturated rings. The van der Waals surface area contributed by atoms with Crippen LogP contribution in [0.3, 0.4) is 0 Å². The van der Waals surface area contributed by atoms with E-state index in [0.29, 0.717) is 28.1 Å². The SMILES string of the molecule is Cc1ccccc1Nn1c(=O)c(=O)[nH]c2cc(C(F)(F)F)c([N+](=O)[O-])cc21. The lowest BCUT2D eigenvalue weighted by Gasteiger charge is -2.15. The summed E-state index contributed by atoms with van der Waals surface area (Å²) in [5, 5.41) is 11.1. The first-order valence-corrected chi connectivity index (χ1v) is 7.47. The molecule has 1 aromatic heterocycles. The Kier molecular flexibility index (Phi) is 4.22. The van der Waals surface area contributed by atoms with Gasteiger partial charge in [-0.1, -0.05) is 18.2 Å². The van der Waals surface area contributed by atoms with Crippen molar-refractivity contribution in [2.24, 2.45) is 0 Å². The number of alkyl halides is 3. The lowest BCUT2D eigenvalue weighted by atomic mass is 10.1. The zero-order valence-electron chi connectivity index (χ0n) is 13.6. The molecule has 0 amide bonds. The Morgan fingerprint density at radius 3 is 2.44 bits per heavy atom. The second-order valence-corrected chi connectivity index (χ2v) is 5.66. The predicted octanol–water partition coefficient (Wildman–Crippen LogP) is 2.80. The number of nitrogens with one attached hydrogen (secondary N) is 2. The average Bonchev–Trinajstić information content (AvgIpc) is 2.58. The van der Waals surface area contributed by atoms with Gasteiger partial charge in [-0.25, -0.2) is 4.68 Å². The first-order valence-electron chi connectivity index (χ1n) is 7.47. The van der Waals surface area contributed by atoms with Crippen molar-refractivity contribution in [2.75, 3.05) is 5.43 Å². The third-order valence-electron chi connectivity index (χ3n) is 3.88. The number of benzene rings is 2. The van der Waals surface area contributed by atoms with Crippen LogP contribution in [0.4, 0.5) is 24.5 Å². The van der Waals surface area contributed by atoms with Gasteiger partial charge >= 0.3 is 17.3 Å². The summed E-state index contributed by atoms with van der Waals surface area (Å²) >= 11 is 0. The molecule has 0 atom stereocenters. The highest BCUT2D eigenvalue weighted by Crippen LogP contribution is 2.37. The minimum absolute atomic E-state index is 0.275. The molecule has 140 valence electrons. The number of anilines is 1. The highest BCUT2D eigenvalue weighted by molar-refractivity contribution is 5.80. The molecular formula is C16H11F3N4O4. The van der Waals surface area contributed by atoms with Gasteiger partial charge in [-0.15, -0.1) is 0 Å². The number of fused-ring (bicyclic) bond motifs is 1. The molecule has 0 aliphatic rings. The van der Waals surface area contributed by atoms with E-state index in [2.05, 4.69) is 5.43 Å². The summed E-state index contributed by atoms with van der Waals surface area (Å²) in [6.07, 6.45) is -5.02. The molecule has 0 bridgehead atoms. The average molecular weight is 380 g/mol. The van der Waals surface area contributed by atoms with Crippen LogP contribution in [0.25, 0.3) is 11.0 Å². The van der Waals surface area contributed by atoms with Gasteiger partial charge in [0.05, 0.1) is 21.6 Å². The Bertz CT molecular complexity index is 1180. The molecule has 3 rings (SSSR count). The fourth-order valence-electron chi connectivity index (χ4n) is 2.56. The van der Waals surface area contributed by atoms with Crippen LogP contribution in [0.2, 0.25) is 0 Å². The number of aryl methyl sites for hydroxylation is 1. The topological polar surface area (TPSA) is 110 Å². The van der Waals surface area contributed by atoms with E-state index < -0.39 is 33.5 Å². The van der Waals surface area contributed by atoms with E-state index in [9.17, 15) is 32.9 Å². The Morgan fingerprint density at radius 2 is 1.85 bits per heavy atom. The van der Waals surface area contributed by atoms with Crippen LogP contribution in [-0.4, -0.2) is 14.6 Å². The van der Waals surface area contributed by atoms with Gasteiger partial charge in [-0.05, 0) is 24.6 Å². The molecule has 0 aliphatic heterocycles. The maximum Gasteiger partial charge on any atom is 0.423 e. The number of nitrogens with zero attached hydrogens (tertiary/aromatic N) is 2. The van der Waals surface area contributed by atoms with Gasteiger partial charge in [0.1, 0.15) is 5.56 Å². The largest absolute Gasteiger partial charge is 0.423 e. The van der Waals surface area contributed by atoms with Gasteiger partial charge in [-0.3, -0.25) is 25.1 Å². The summed E-state index contributed by atoms with van der Waals surface area (Å²) in [6.45, 7) is 1.70. The van der Waals surface area contributed by atoms with Gasteiger partial charge in [0.15, 0.2) is 0 Å². The number of nitro benzene ring substituents is 1. The van der Waals surface area contributed by atoms with Crippen LogP contribution in [0.1, 0.15) is 11.1 Å². The van der Waals surface area contributed by atoms with E-state index in [4.69, 9.17) is 0 Å². The monoisotopic (exact) mass is 380 g/mol. The number of rotatable bonds is 3. The van der Waals surface area contributed by atoms with E-state index in [1.165, 1.54) is 0 Å². The number of aromatic nitrogens is 2. The van der Waals surface area contributed by atoms with Gasteiger partial charge in [0.2, 0.25) is 0 Å². The van der Waals surface area contributed by atoms with Crippen LogP contribution in [-0.2, 0) is 6.18 Å². The molecule has 2 N–H and O–H groups in total. The summed E-state index contributed by atoms with van der Waals surface area (Å²) in [5.41, 5.74) is -2.01. The van der Waals surface area contributed by atoms with E-state index in [1.54, 1.807) is 31.2 Å². The zero-order chi connectivity index (χ0) is 19.9. The predicted molar refractivity (Wildman–Crippen MR) is 90.7 cm³/mol. The van der Waals surface area contributed by atoms with E-state index >= 15 is 0 Å². The molecule has 1 heterocycles. The molecule has 3 aromatic rings. The Labute approximate surface area is 148 Å². The highest BCUT2D eigenvalue weighted by atomic mass is 19.4. The summed E-state index contributed by atoms with van der Waals surface area (Å²) in [6, 6.07) is 7.67. The standard InChI is InChI=1S/C16H11F3N4O4/c1-8-4-2-3-5-10(8)21-22-13-7-12(23(26)27)9(16(17,18)19)6-11(13)20-14(24)15(22)25/h2-7,21H,1H3,(H,20,24). The fourth-order valence-corrected chi connectivity index (χ4v) is 2.56. The van der Waals surface area contributed by atoms with Crippen molar-refractivity contribution in [2.45, 2.75) is 13.1 Å². The van der Waals surface area contributed by atoms with Crippen LogP contribution >= 0.6 is 0 Å². The van der Waals surface area contributed by atoms with Crippen LogP contribution in [0.15, 0.2) is 46.0 Å². The third kappa shape index (κ3) is 3.26. The lowest BCUT2D eigenvalue weighted by molar-refractivity contribution is -0.387. The first-order chi connectivity index (χ1) is 12.6. The normalized spacial score (nSPS) is 11.6. The lowest BCUT2D eigenvalue weighted by Crippen LogP contribution is -2.39. The summed E-state index contributed by atoms with van der Waals surface area (Å²) in [4.78, 5) is 36.0. The van der Waals surface area contributed by atoms with Crippen molar-refractivity contribution in [1.82, 2.24) is 9.66 Å². The van der Waals surface area contributed by atoms with E-state index in [0.717, 1.165) is 0 Å². The maximum atomic E-state index is 13.1. The van der Waals surface area contributed by atoms with Crippen molar-refractivity contribution >= 4 is 22.4 Å². The molecule has 0 spiro atoms. The van der Waals surface area contributed by atoms with Gasteiger partial charge in [0.25, 0.3) is 5.69 Å². The van der Waals surface area contributed by atoms with Gasteiger partial charge < -0.3 is 4.98 Å². The first kappa shape index (κ1) is 18.2.